The molecule has 0 aliphatic carbocycles. The third-order valence-electron chi connectivity index (χ3n) is 2.44. The van der Waals surface area contributed by atoms with E-state index in [9.17, 15) is 0 Å². The molecule has 2 aromatic rings. The Morgan fingerprint density at radius 2 is 2.06 bits per heavy atom. The van der Waals surface area contributed by atoms with Crippen LogP contribution < -0.4 is 10.1 Å². The van der Waals surface area contributed by atoms with E-state index in [-0.39, 0.29) is 0 Å². The lowest BCUT2D eigenvalue weighted by molar-refractivity contribution is 0.416. The standard InChI is InChI=1S/C13H12Br2N2O/c1-18-13-5-3-2-4-11(13)17-8-12-10(15)6-9(14)7-16-12/h2-7,17H,8H2,1H3. The van der Waals surface area contributed by atoms with Gasteiger partial charge in [-0.05, 0) is 50.1 Å². The molecular weight excluding hydrogens is 360 g/mol. The van der Waals surface area contributed by atoms with Crippen LogP contribution in [0.15, 0.2) is 45.5 Å². The second-order valence-corrected chi connectivity index (χ2v) is 5.41. The lowest BCUT2D eigenvalue weighted by Gasteiger charge is -2.11. The Morgan fingerprint density at radius 3 is 2.78 bits per heavy atom. The number of benzene rings is 1. The van der Waals surface area contributed by atoms with Crippen LogP contribution in [0.1, 0.15) is 5.69 Å². The van der Waals surface area contributed by atoms with E-state index in [0.717, 1.165) is 26.1 Å². The Kier molecular flexibility index (Phi) is 4.60. The highest BCUT2D eigenvalue weighted by molar-refractivity contribution is 9.11. The molecule has 0 bridgehead atoms. The average molecular weight is 372 g/mol. The van der Waals surface area contributed by atoms with E-state index < -0.39 is 0 Å². The molecule has 18 heavy (non-hydrogen) atoms. The smallest absolute Gasteiger partial charge is 0.141 e. The third kappa shape index (κ3) is 3.23. The van der Waals surface area contributed by atoms with Crippen LogP contribution in [0.4, 0.5) is 5.69 Å². The van der Waals surface area contributed by atoms with Crippen molar-refractivity contribution in [3.63, 3.8) is 0 Å². The molecule has 0 atom stereocenters. The van der Waals surface area contributed by atoms with Gasteiger partial charge in [0, 0.05) is 15.1 Å². The van der Waals surface area contributed by atoms with Crippen LogP contribution in [0.3, 0.4) is 0 Å². The fourth-order valence-corrected chi connectivity index (χ4v) is 2.67. The minimum absolute atomic E-state index is 0.633. The van der Waals surface area contributed by atoms with Gasteiger partial charge in [0.2, 0.25) is 0 Å². The monoisotopic (exact) mass is 370 g/mol. The number of hydrogen-bond donors (Lipinski definition) is 1. The van der Waals surface area contributed by atoms with Gasteiger partial charge in [0.05, 0.1) is 25.0 Å². The molecular formula is C13H12Br2N2O. The molecule has 0 saturated carbocycles. The van der Waals surface area contributed by atoms with E-state index in [1.807, 2.05) is 30.3 Å². The summed E-state index contributed by atoms with van der Waals surface area (Å²) in [6.07, 6.45) is 1.78. The van der Waals surface area contributed by atoms with Crippen molar-refractivity contribution in [2.75, 3.05) is 12.4 Å². The minimum Gasteiger partial charge on any atom is -0.495 e. The summed E-state index contributed by atoms with van der Waals surface area (Å²) in [5.74, 6) is 0.825. The zero-order valence-corrected chi connectivity index (χ0v) is 13.0. The van der Waals surface area contributed by atoms with Gasteiger partial charge >= 0.3 is 0 Å². The van der Waals surface area contributed by atoms with Gasteiger partial charge in [0.25, 0.3) is 0 Å². The summed E-state index contributed by atoms with van der Waals surface area (Å²) in [4.78, 5) is 4.35. The van der Waals surface area contributed by atoms with Crippen molar-refractivity contribution < 1.29 is 4.74 Å². The van der Waals surface area contributed by atoms with Crippen LogP contribution in [-0.2, 0) is 6.54 Å². The first-order valence-electron chi connectivity index (χ1n) is 5.37. The maximum atomic E-state index is 5.28. The first-order valence-corrected chi connectivity index (χ1v) is 6.96. The number of rotatable bonds is 4. The molecule has 5 heteroatoms. The summed E-state index contributed by atoms with van der Waals surface area (Å²) >= 11 is 6.87. The third-order valence-corrected chi connectivity index (χ3v) is 3.56. The predicted molar refractivity (Wildman–Crippen MR) is 80.0 cm³/mol. The van der Waals surface area contributed by atoms with Gasteiger partial charge in [-0.15, -0.1) is 0 Å². The molecule has 0 radical (unpaired) electrons. The van der Waals surface area contributed by atoms with E-state index in [0.29, 0.717) is 6.54 Å². The second kappa shape index (κ2) is 6.20. The topological polar surface area (TPSA) is 34.1 Å². The number of anilines is 1. The molecule has 0 spiro atoms. The molecule has 2 rings (SSSR count). The second-order valence-electron chi connectivity index (χ2n) is 3.64. The number of ether oxygens (including phenoxy) is 1. The summed E-state index contributed by atoms with van der Waals surface area (Å²) in [7, 11) is 1.66. The van der Waals surface area contributed by atoms with Crippen molar-refractivity contribution in [1.29, 1.82) is 0 Å². The Hall–Kier alpha value is -1.07. The summed E-state index contributed by atoms with van der Waals surface area (Å²) in [5, 5.41) is 3.31. The largest absolute Gasteiger partial charge is 0.495 e. The minimum atomic E-state index is 0.633. The van der Waals surface area contributed by atoms with E-state index in [4.69, 9.17) is 4.74 Å². The van der Waals surface area contributed by atoms with Gasteiger partial charge in [0.15, 0.2) is 0 Å². The molecule has 0 aliphatic rings. The Labute approximate surface area is 123 Å². The van der Waals surface area contributed by atoms with E-state index in [2.05, 4.69) is 42.2 Å². The molecule has 1 aromatic carbocycles. The van der Waals surface area contributed by atoms with E-state index in [1.165, 1.54) is 0 Å². The maximum Gasteiger partial charge on any atom is 0.141 e. The zero-order chi connectivity index (χ0) is 13.0. The van der Waals surface area contributed by atoms with Crippen molar-refractivity contribution in [2.24, 2.45) is 0 Å². The molecule has 1 N–H and O–H groups in total. The molecule has 0 amide bonds. The number of para-hydroxylation sites is 2. The quantitative estimate of drug-likeness (QED) is 0.873. The van der Waals surface area contributed by atoms with Gasteiger partial charge in [-0.3, -0.25) is 4.98 Å². The van der Waals surface area contributed by atoms with Crippen molar-refractivity contribution in [1.82, 2.24) is 4.98 Å². The molecule has 3 nitrogen and oxygen atoms in total. The lowest BCUT2D eigenvalue weighted by Crippen LogP contribution is -2.03. The highest BCUT2D eigenvalue weighted by Crippen LogP contribution is 2.25. The molecule has 1 heterocycles. The molecule has 1 aromatic heterocycles. The SMILES string of the molecule is COc1ccccc1NCc1ncc(Br)cc1Br. The number of nitrogens with zero attached hydrogens (tertiary/aromatic N) is 1. The van der Waals surface area contributed by atoms with Crippen LogP contribution in [0.25, 0.3) is 0 Å². The average Bonchev–Trinajstić information content (AvgIpc) is 2.38. The fraction of sp³-hybridized carbons (Fsp3) is 0.154. The number of hydrogen-bond acceptors (Lipinski definition) is 3. The van der Waals surface area contributed by atoms with Crippen molar-refractivity contribution >= 4 is 37.5 Å². The van der Waals surface area contributed by atoms with Gasteiger partial charge in [-0.1, -0.05) is 12.1 Å². The maximum absolute atomic E-state index is 5.28. The number of methoxy groups -OCH3 is 1. The normalized spacial score (nSPS) is 10.2. The zero-order valence-electron chi connectivity index (χ0n) is 9.78. The van der Waals surface area contributed by atoms with Crippen molar-refractivity contribution in [3.8, 4) is 5.75 Å². The first-order chi connectivity index (χ1) is 8.70. The van der Waals surface area contributed by atoms with Crippen LogP contribution in [-0.4, -0.2) is 12.1 Å². The Balaban J connectivity index is 2.11. The number of aromatic nitrogens is 1. The molecule has 0 aliphatic heterocycles. The predicted octanol–water partition coefficient (Wildman–Crippen LogP) is 4.23. The highest BCUT2D eigenvalue weighted by Gasteiger charge is 2.04. The fourth-order valence-electron chi connectivity index (χ4n) is 1.54. The van der Waals surface area contributed by atoms with Crippen molar-refractivity contribution in [2.45, 2.75) is 6.54 Å². The van der Waals surface area contributed by atoms with Gasteiger partial charge in [-0.25, -0.2) is 0 Å². The van der Waals surface area contributed by atoms with Crippen LogP contribution in [0.2, 0.25) is 0 Å². The van der Waals surface area contributed by atoms with Crippen molar-refractivity contribution in [3.05, 3.63) is 51.2 Å². The van der Waals surface area contributed by atoms with Crippen LogP contribution in [0, 0.1) is 0 Å². The summed E-state index contributed by atoms with van der Waals surface area (Å²) in [5.41, 5.74) is 1.90. The Bertz CT molecular complexity index is 546. The van der Waals surface area contributed by atoms with Gasteiger partial charge < -0.3 is 10.1 Å². The van der Waals surface area contributed by atoms with E-state index in [1.54, 1.807) is 13.3 Å². The molecule has 94 valence electrons. The molecule has 0 fully saturated rings. The Morgan fingerprint density at radius 1 is 1.28 bits per heavy atom. The number of pyridine rings is 1. The summed E-state index contributed by atoms with van der Waals surface area (Å²) < 4.78 is 7.21. The summed E-state index contributed by atoms with van der Waals surface area (Å²) in [6.45, 7) is 0.633. The number of nitrogens with one attached hydrogen (secondary N) is 1. The molecule has 0 saturated heterocycles. The first kappa shape index (κ1) is 13.4. The van der Waals surface area contributed by atoms with Gasteiger partial charge in [-0.2, -0.15) is 0 Å². The lowest BCUT2D eigenvalue weighted by atomic mass is 10.3. The van der Waals surface area contributed by atoms with Gasteiger partial charge in [0.1, 0.15) is 5.75 Å². The van der Waals surface area contributed by atoms with Crippen LogP contribution in [0.5, 0.6) is 5.75 Å². The highest BCUT2D eigenvalue weighted by atomic mass is 79.9. The summed E-state index contributed by atoms with van der Waals surface area (Å²) in [6, 6.07) is 9.79. The molecule has 0 unspecified atom stereocenters. The van der Waals surface area contributed by atoms with E-state index >= 15 is 0 Å². The van der Waals surface area contributed by atoms with Crippen LogP contribution >= 0.6 is 31.9 Å². The number of halogens is 2.